The summed E-state index contributed by atoms with van der Waals surface area (Å²) in [7, 11) is 0. The van der Waals surface area contributed by atoms with Gasteiger partial charge in [0.25, 0.3) is 5.91 Å². The van der Waals surface area contributed by atoms with Gasteiger partial charge in [0.1, 0.15) is 5.58 Å². The van der Waals surface area contributed by atoms with Crippen LogP contribution in [0.5, 0.6) is 0 Å². The number of furan rings is 1. The van der Waals surface area contributed by atoms with E-state index < -0.39 is 0 Å². The number of carbonyl (C=O) groups is 2. The van der Waals surface area contributed by atoms with E-state index >= 15 is 0 Å². The second-order valence-electron chi connectivity index (χ2n) is 6.56. The standard InChI is InChI=1S/C23H15Cl2NO3/c1-13-19-11-10-18(26-23(28)15-4-8-17(25)9-5-15)12-20(19)29-22(13)21(27)14-2-6-16(24)7-3-14/h2-12H,1H3,(H,26,28). The summed E-state index contributed by atoms with van der Waals surface area (Å²) < 4.78 is 5.84. The maximum Gasteiger partial charge on any atom is 0.255 e. The maximum atomic E-state index is 12.8. The van der Waals surface area contributed by atoms with Gasteiger partial charge in [-0.05, 0) is 67.6 Å². The van der Waals surface area contributed by atoms with Gasteiger partial charge in [-0.15, -0.1) is 0 Å². The highest BCUT2D eigenvalue weighted by molar-refractivity contribution is 6.31. The summed E-state index contributed by atoms with van der Waals surface area (Å²) in [5, 5.41) is 4.76. The normalized spacial score (nSPS) is 10.9. The van der Waals surface area contributed by atoms with Crippen LogP contribution in [0.15, 0.2) is 71.1 Å². The molecule has 0 spiro atoms. The van der Waals surface area contributed by atoms with Gasteiger partial charge in [0.05, 0.1) is 0 Å². The van der Waals surface area contributed by atoms with Gasteiger partial charge in [0.15, 0.2) is 5.76 Å². The molecule has 3 aromatic carbocycles. The molecule has 0 unspecified atom stereocenters. The van der Waals surface area contributed by atoms with Crippen LogP contribution in [-0.4, -0.2) is 11.7 Å². The van der Waals surface area contributed by atoms with Crippen LogP contribution in [0.1, 0.15) is 32.0 Å². The Hall–Kier alpha value is -3.08. The molecular formula is C23H15Cl2NO3. The van der Waals surface area contributed by atoms with Gasteiger partial charge < -0.3 is 9.73 Å². The number of carbonyl (C=O) groups excluding carboxylic acids is 2. The third-order valence-electron chi connectivity index (χ3n) is 4.62. The molecule has 0 bridgehead atoms. The topological polar surface area (TPSA) is 59.3 Å². The van der Waals surface area contributed by atoms with Crippen molar-refractivity contribution in [2.45, 2.75) is 6.92 Å². The smallest absolute Gasteiger partial charge is 0.255 e. The first-order chi connectivity index (χ1) is 13.9. The van der Waals surface area contributed by atoms with E-state index in [-0.39, 0.29) is 17.5 Å². The van der Waals surface area contributed by atoms with Crippen molar-refractivity contribution in [3.05, 3.63) is 99.2 Å². The van der Waals surface area contributed by atoms with E-state index in [4.69, 9.17) is 27.6 Å². The van der Waals surface area contributed by atoms with Crippen molar-refractivity contribution in [3.63, 3.8) is 0 Å². The number of aryl methyl sites for hydroxylation is 1. The monoisotopic (exact) mass is 423 g/mol. The van der Waals surface area contributed by atoms with Crippen molar-refractivity contribution < 1.29 is 14.0 Å². The van der Waals surface area contributed by atoms with Crippen LogP contribution in [0.2, 0.25) is 10.0 Å². The minimum absolute atomic E-state index is 0.220. The average Bonchev–Trinajstić information content (AvgIpc) is 3.04. The number of fused-ring (bicyclic) bond motifs is 1. The quantitative estimate of drug-likeness (QED) is 0.379. The summed E-state index contributed by atoms with van der Waals surface area (Å²) in [6.45, 7) is 1.83. The molecular weight excluding hydrogens is 409 g/mol. The molecule has 4 nitrogen and oxygen atoms in total. The largest absolute Gasteiger partial charge is 0.452 e. The molecule has 1 N–H and O–H groups in total. The fraction of sp³-hybridized carbons (Fsp3) is 0.0435. The van der Waals surface area contributed by atoms with Crippen LogP contribution in [0.25, 0.3) is 11.0 Å². The first kappa shape index (κ1) is 19.2. The summed E-state index contributed by atoms with van der Waals surface area (Å²) in [6.07, 6.45) is 0. The van der Waals surface area contributed by atoms with Gasteiger partial charge in [-0.2, -0.15) is 0 Å². The van der Waals surface area contributed by atoms with Crippen molar-refractivity contribution in [3.8, 4) is 0 Å². The third-order valence-corrected chi connectivity index (χ3v) is 5.12. The molecule has 4 rings (SSSR count). The fourth-order valence-electron chi connectivity index (χ4n) is 3.06. The summed E-state index contributed by atoms with van der Waals surface area (Å²) >= 11 is 11.8. The Bertz CT molecular complexity index is 1230. The van der Waals surface area contributed by atoms with E-state index in [9.17, 15) is 9.59 Å². The average molecular weight is 424 g/mol. The highest BCUT2D eigenvalue weighted by Crippen LogP contribution is 2.29. The molecule has 0 aliphatic carbocycles. The number of amides is 1. The van der Waals surface area contributed by atoms with E-state index in [0.717, 1.165) is 10.9 Å². The molecule has 1 heterocycles. The number of benzene rings is 3. The molecule has 0 aliphatic heterocycles. The Kier molecular flexibility index (Phi) is 5.14. The molecule has 0 fully saturated rings. The molecule has 0 aliphatic rings. The van der Waals surface area contributed by atoms with Crippen LogP contribution in [-0.2, 0) is 0 Å². The summed E-state index contributed by atoms with van der Waals surface area (Å²) in [6, 6.07) is 18.6. The van der Waals surface area contributed by atoms with Crippen LogP contribution in [0, 0.1) is 6.92 Å². The first-order valence-electron chi connectivity index (χ1n) is 8.83. The van der Waals surface area contributed by atoms with Crippen molar-refractivity contribution in [2.24, 2.45) is 0 Å². The zero-order valence-corrected chi connectivity index (χ0v) is 16.8. The Morgan fingerprint density at radius 1 is 0.828 bits per heavy atom. The summed E-state index contributed by atoms with van der Waals surface area (Å²) in [4.78, 5) is 25.2. The van der Waals surface area contributed by atoms with Crippen LogP contribution >= 0.6 is 23.2 Å². The van der Waals surface area contributed by atoms with Crippen LogP contribution in [0.4, 0.5) is 5.69 Å². The van der Waals surface area contributed by atoms with Gasteiger partial charge >= 0.3 is 0 Å². The van der Waals surface area contributed by atoms with E-state index in [0.29, 0.717) is 32.4 Å². The Balaban J connectivity index is 1.63. The van der Waals surface area contributed by atoms with Gasteiger partial charge in [-0.1, -0.05) is 23.2 Å². The van der Waals surface area contributed by atoms with Crippen molar-refractivity contribution in [1.82, 2.24) is 0 Å². The number of halogens is 2. The van der Waals surface area contributed by atoms with Gasteiger partial charge in [0, 0.05) is 43.9 Å². The number of hydrogen-bond donors (Lipinski definition) is 1. The SMILES string of the molecule is Cc1c(C(=O)c2ccc(Cl)cc2)oc2cc(NC(=O)c3ccc(Cl)cc3)ccc12. The lowest BCUT2D eigenvalue weighted by atomic mass is 10.0. The van der Waals surface area contributed by atoms with E-state index in [1.54, 1.807) is 60.7 Å². The molecule has 6 heteroatoms. The summed E-state index contributed by atoms with van der Waals surface area (Å²) in [5.74, 6) is -0.215. The maximum absolute atomic E-state index is 12.8. The highest BCUT2D eigenvalue weighted by Gasteiger charge is 2.19. The lowest BCUT2D eigenvalue weighted by molar-refractivity contribution is 0.101. The zero-order chi connectivity index (χ0) is 20.5. The third kappa shape index (κ3) is 3.90. The van der Waals surface area contributed by atoms with Crippen molar-refractivity contribution >= 4 is 51.5 Å². The van der Waals surface area contributed by atoms with Crippen molar-refractivity contribution in [1.29, 1.82) is 0 Å². The second kappa shape index (κ2) is 7.74. The lowest BCUT2D eigenvalue weighted by Crippen LogP contribution is -2.11. The predicted octanol–water partition coefficient (Wildman–Crippen LogP) is 6.53. The van der Waals surface area contributed by atoms with Gasteiger partial charge in [0.2, 0.25) is 5.78 Å². The molecule has 29 heavy (non-hydrogen) atoms. The predicted molar refractivity (Wildman–Crippen MR) is 115 cm³/mol. The minimum atomic E-state index is -0.262. The van der Waals surface area contributed by atoms with Crippen molar-refractivity contribution in [2.75, 3.05) is 5.32 Å². The van der Waals surface area contributed by atoms with E-state index in [1.807, 2.05) is 13.0 Å². The Morgan fingerprint density at radius 3 is 2.03 bits per heavy atom. The summed E-state index contributed by atoms with van der Waals surface area (Å²) in [5.41, 5.74) is 2.82. The number of anilines is 1. The molecule has 1 aromatic heterocycles. The lowest BCUT2D eigenvalue weighted by Gasteiger charge is -2.05. The Morgan fingerprint density at radius 2 is 1.41 bits per heavy atom. The number of rotatable bonds is 4. The van der Waals surface area contributed by atoms with Crippen LogP contribution in [0.3, 0.4) is 0 Å². The number of nitrogens with one attached hydrogen (secondary N) is 1. The molecule has 0 saturated carbocycles. The highest BCUT2D eigenvalue weighted by atomic mass is 35.5. The molecule has 1 amide bonds. The van der Waals surface area contributed by atoms with E-state index in [1.165, 1.54) is 0 Å². The molecule has 0 atom stereocenters. The first-order valence-corrected chi connectivity index (χ1v) is 9.58. The minimum Gasteiger partial charge on any atom is -0.452 e. The number of hydrogen-bond acceptors (Lipinski definition) is 3. The zero-order valence-electron chi connectivity index (χ0n) is 15.3. The molecule has 0 radical (unpaired) electrons. The molecule has 4 aromatic rings. The van der Waals surface area contributed by atoms with E-state index in [2.05, 4.69) is 5.32 Å². The molecule has 0 saturated heterocycles. The fourth-order valence-corrected chi connectivity index (χ4v) is 3.31. The van der Waals surface area contributed by atoms with Gasteiger partial charge in [-0.3, -0.25) is 9.59 Å². The van der Waals surface area contributed by atoms with Gasteiger partial charge in [-0.25, -0.2) is 0 Å². The Labute approximate surface area is 177 Å². The van der Waals surface area contributed by atoms with Crippen LogP contribution < -0.4 is 5.32 Å². The number of ketones is 1. The molecule has 144 valence electrons. The second-order valence-corrected chi connectivity index (χ2v) is 7.44.